The number of nitrogens with one attached hydrogen (secondary N) is 2. The van der Waals surface area contributed by atoms with E-state index in [-0.39, 0.29) is 11.4 Å². The minimum Gasteiger partial charge on any atom is -0.494 e. The molecule has 0 aliphatic rings. The quantitative estimate of drug-likeness (QED) is 0.770. The summed E-state index contributed by atoms with van der Waals surface area (Å²) in [7, 11) is -2.23. The minimum atomic E-state index is -3.66. The molecule has 0 fully saturated rings. The van der Waals surface area contributed by atoms with Crippen molar-refractivity contribution in [2.24, 2.45) is 0 Å². The molecule has 0 heterocycles. The zero-order valence-corrected chi connectivity index (χ0v) is 11.1. The summed E-state index contributed by atoms with van der Waals surface area (Å²) in [6, 6.07) is 5.99. The predicted octanol–water partition coefficient (Wildman–Crippen LogP) is 0.110. The molecule has 6 nitrogen and oxygen atoms in total. The van der Waals surface area contributed by atoms with Crippen LogP contribution in [0.15, 0.2) is 29.2 Å². The molecule has 0 saturated carbocycles. The first-order valence-electron chi connectivity index (χ1n) is 5.42. The molecule has 0 unspecified atom stereocenters. The Kier molecular flexibility index (Phi) is 5.11. The molecule has 1 aromatic rings. The van der Waals surface area contributed by atoms with Crippen molar-refractivity contribution in [3.63, 3.8) is 0 Å². The van der Waals surface area contributed by atoms with E-state index in [4.69, 9.17) is 4.74 Å². The molecule has 0 saturated heterocycles. The topological polar surface area (TPSA) is 84.5 Å². The summed E-state index contributed by atoms with van der Waals surface area (Å²) in [6.45, 7) is 2.07. The Morgan fingerprint density at radius 2 is 1.89 bits per heavy atom. The Morgan fingerprint density at radius 1 is 1.28 bits per heavy atom. The third-order valence-corrected chi connectivity index (χ3v) is 3.56. The normalized spacial score (nSPS) is 11.0. The first kappa shape index (κ1) is 14.5. The lowest BCUT2D eigenvalue weighted by atomic mass is 10.3. The zero-order chi connectivity index (χ0) is 13.6. The summed E-state index contributed by atoms with van der Waals surface area (Å²) in [4.78, 5) is 11.1. The SMILES string of the molecule is CCOc1ccc(S(=O)(=O)NCC(=O)NC)cc1. The van der Waals surface area contributed by atoms with Crippen LogP contribution in [0.25, 0.3) is 0 Å². The molecule has 0 bridgehead atoms. The number of likely N-dealkylation sites (N-methyl/N-ethyl adjacent to an activating group) is 1. The van der Waals surface area contributed by atoms with Gasteiger partial charge in [-0.1, -0.05) is 0 Å². The molecule has 18 heavy (non-hydrogen) atoms. The van der Waals surface area contributed by atoms with Crippen LogP contribution in [0, 0.1) is 0 Å². The molecule has 0 spiro atoms. The number of hydrogen-bond donors (Lipinski definition) is 2. The lowest BCUT2D eigenvalue weighted by molar-refractivity contribution is -0.119. The number of rotatable bonds is 6. The van der Waals surface area contributed by atoms with E-state index < -0.39 is 15.9 Å². The summed E-state index contributed by atoms with van der Waals surface area (Å²) < 4.78 is 31.0. The molecular formula is C11H16N2O4S. The van der Waals surface area contributed by atoms with Gasteiger partial charge in [-0.15, -0.1) is 0 Å². The van der Waals surface area contributed by atoms with Gasteiger partial charge in [0, 0.05) is 7.05 Å². The molecule has 7 heteroatoms. The van der Waals surface area contributed by atoms with Crippen molar-refractivity contribution in [1.82, 2.24) is 10.0 Å². The van der Waals surface area contributed by atoms with Crippen LogP contribution in [0.2, 0.25) is 0 Å². The summed E-state index contributed by atoms with van der Waals surface area (Å²) in [5.74, 6) is 0.201. The molecule has 0 aromatic heterocycles. The van der Waals surface area contributed by atoms with Crippen molar-refractivity contribution in [1.29, 1.82) is 0 Å². The van der Waals surface area contributed by atoms with Gasteiger partial charge >= 0.3 is 0 Å². The second-order valence-electron chi connectivity index (χ2n) is 3.40. The Bertz CT molecular complexity index is 496. The monoisotopic (exact) mass is 272 g/mol. The van der Waals surface area contributed by atoms with E-state index in [1.165, 1.54) is 19.2 Å². The van der Waals surface area contributed by atoms with Crippen LogP contribution in [0.4, 0.5) is 0 Å². The first-order valence-corrected chi connectivity index (χ1v) is 6.91. The summed E-state index contributed by atoms with van der Waals surface area (Å²) in [5, 5.41) is 2.33. The van der Waals surface area contributed by atoms with Gasteiger partial charge in [0.1, 0.15) is 5.75 Å². The van der Waals surface area contributed by atoms with Crippen LogP contribution in [0.3, 0.4) is 0 Å². The number of carbonyl (C=O) groups is 1. The van der Waals surface area contributed by atoms with Gasteiger partial charge in [0.25, 0.3) is 0 Å². The van der Waals surface area contributed by atoms with Crippen LogP contribution in [0.1, 0.15) is 6.92 Å². The number of ether oxygens (including phenoxy) is 1. The third kappa shape index (κ3) is 4.01. The van der Waals surface area contributed by atoms with Crippen molar-refractivity contribution in [3.8, 4) is 5.75 Å². The number of carbonyl (C=O) groups excluding carboxylic acids is 1. The van der Waals surface area contributed by atoms with Crippen LogP contribution in [0.5, 0.6) is 5.75 Å². The molecule has 0 radical (unpaired) electrons. The van der Waals surface area contributed by atoms with Gasteiger partial charge in [0.15, 0.2) is 0 Å². The molecule has 0 aliphatic heterocycles. The number of sulfonamides is 1. The molecule has 2 N–H and O–H groups in total. The Balaban J connectivity index is 2.75. The average molecular weight is 272 g/mol. The molecule has 100 valence electrons. The zero-order valence-electron chi connectivity index (χ0n) is 10.3. The van der Waals surface area contributed by atoms with E-state index in [0.717, 1.165) is 0 Å². The van der Waals surface area contributed by atoms with Crippen LogP contribution in [-0.4, -0.2) is 34.5 Å². The highest BCUT2D eigenvalue weighted by Gasteiger charge is 2.14. The van der Waals surface area contributed by atoms with Crippen molar-refractivity contribution < 1.29 is 17.9 Å². The first-order chi connectivity index (χ1) is 8.49. The van der Waals surface area contributed by atoms with Gasteiger partial charge in [-0.3, -0.25) is 4.79 Å². The highest BCUT2D eigenvalue weighted by molar-refractivity contribution is 7.89. The minimum absolute atomic E-state index is 0.0925. The molecule has 0 aliphatic carbocycles. The maximum atomic E-state index is 11.8. The van der Waals surface area contributed by atoms with Crippen LogP contribution in [-0.2, 0) is 14.8 Å². The van der Waals surface area contributed by atoms with Crippen LogP contribution >= 0.6 is 0 Å². The van der Waals surface area contributed by atoms with E-state index in [1.807, 2.05) is 6.92 Å². The molecule has 1 amide bonds. The van der Waals surface area contributed by atoms with Crippen molar-refractivity contribution in [3.05, 3.63) is 24.3 Å². The second-order valence-corrected chi connectivity index (χ2v) is 5.17. The van der Waals surface area contributed by atoms with E-state index in [2.05, 4.69) is 10.0 Å². The Labute approximate surface area is 106 Å². The molecule has 0 atom stereocenters. The largest absolute Gasteiger partial charge is 0.494 e. The predicted molar refractivity (Wildman–Crippen MR) is 66.9 cm³/mol. The highest BCUT2D eigenvalue weighted by atomic mass is 32.2. The number of hydrogen-bond acceptors (Lipinski definition) is 4. The van der Waals surface area contributed by atoms with E-state index in [9.17, 15) is 13.2 Å². The van der Waals surface area contributed by atoms with Crippen LogP contribution < -0.4 is 14.8 Å². The van der Waals surface area contributed by atoms with Crippen molar-refractivity contribution >= 4 is 15.9 Å². The summed E-state index contributed by atoms with van der Waals surface area (Å²) >= 11 is 0. The Hall–Kier alpha value is -1.60. The summed E-state index contributed by atoms with van der Waals surface area (Å²) in [5.41, 5.74) is 0. The smallest absolute Gasteiger partial charge is 0.241 e. The van der Waals surface area contributed by atoms with Crippen molar-refractivity contribution in [2.75, 3.05) is 20.2 Å². The number of amides is 1. The highest BCUT2D eigenvalue weighted by Crippen LogP contribution is 2.15. The van der Waals surface area contributed by atoms with Gasteiger partial charge in [0.05, 0.1) is 18.0 Å². The van der Waals surface area contributed by atoms with Gasteiger partial charge < -0.3 is 10.1 Å². The number of benzene rings is 1. The second kappa shape index (κ2) is 6.36. The lowest BCUT2D eigenvalue weighted by Crippen LogP contribution is -2.35. The van der Waals surface area contributed by atoms with Gasteiger partial charge in [-0.25, -0.2) is 13.1 Å². The van der Waals surface area contributed by atoms with E-state index in [0.29, 0.717) is 12.4 Å². The van der Waals surface area contributed by atoms with Crippen molar-refractivity contribution in [2.45, 2.75) is 11.8 Å². The molecular weight excluding hydrogens is 256 g/mol. The molecule has 1 rings (SSSR count). The van der Waals surface area contributed by atoms with E-state index in [1.54, 1.807) is 12.1 Å². The fourth-order valence-corrected chi connectivity index (χ4v) is 2.20. The maximum absolute atomic E-state index is 11.8. The summed E-state index contributed by atoms with van der Waals surface area (Å²) in [6.07, 6.45) is 0. The Morgan fingerprint density at radius 3 is 2.39 bits per heavy atom. The fourth-order valence-electron chi connectivity index (χ4n) is 1.21. The lowest BCUT2D eigenvalue weighted by Gasteiger charge is -2.07. The molecule has 1 aromatic carbocycles. The van der Waals surface area contributed by atoms with Gasteiger partial charge in [0.2, 0.25) is 15.9 Å². The third-order valence-electron chi connectivity index (χ3n) is 2.15. The fraction of sp³-hybridized carbons (Fsp3) is 0.364. The van der Waals surface area contributed by atoms with E-state index >= 15 is 0 Å². The van der Waals surface area contributed by atoms with Gasteiger partial charge in [-0.2, -0.15) is 0 Å². The van der Waals surface area contributed by atoms with Gasteiger partial charge in [-0.05, 0) is 31.2 Å². The maximum Gasteiger partial charge on any atom is 0.241 e. The average Bonchev–Trinajstić information content (AvgIpc) is 2.37. The standard InChI is InChI=1S/C11H16N2O4S/c1-3-17-9-4-6-10(7-5-9)18(15,16)13-8-11(14)12-2/h4-7,13H,3,8H2,1-2H3,(H,12,14).